The van der Waals surface area contributed by atoms with Crippen LogP contribution in [0.2, 0.25) is 0 Å². The smallest absolute Gasteiger partial charge is 0.119 e. The van der Waals surface area contributed by atoms with Gasteiger partial charge in [-0.15, -0.1) is 6.58 Å². The molecule has 0 radical (unpaired) electrons. The third-order valence-corrected chi connectivity index (χ3v) is 10.5. The molecule has 3 heteroatoms. The Morgan fingerprint density at radius 2 is 1.00 bits per heavy atom. The zero-order valence-electron chi connectivity index (χ0n) is 30.7. The van der Waals surface area contributed by atoms with Gasteiger partial charge in [-0.05, 0) is 147 Å². The van der Waals surface area contributed by atoms with Gasteiger partial charge < -0.3 is 14.5 Å². The van der Waals surface area contributed by atoms with E-state index in [1.54, 1.807) is 0 Å². The van der Waals surface area contributed by atoms with Crippen molar-refractivity contribution >= 4 is 34.1 Å². The fourth-order valence-corrected chi connectivity index (χ4v) is 7.87. The monoisotopic (exact) mass is 682 g/mol. The highest BCUT2D eigenvalue weighted by Gasteiger charge is 2.36. The average Bonchev–Trinajstić information content (AvgIpc) is 3.19. The minimum atomic E-state index is -0.0189. The van der Waals surface area contributed by atoms with Gasteiger partial charge >= 0.3 is 0 Å². The molecule has 3 nitrogen and oxygen atoms in total. The molecule has 0 bridgehead atoms. The lowest BCUT2D eigenvalue weighted by Crippen LogP contribution is -2.30. The van der Waals surface area contributed by atoms with E-state index in [0.717, 1.165) is 54.2 Å². The third kappa shape index (κ3) is 7.70. The number of aryl methyl sites for hydroxylation is 2. The fourth-order valence-electron chi connectivity index (χ4n) is 7.87. The van der Waals surface area contributed by atoms with Crippen LogP contribution in [0.3, 0.4) is 0 Å². The van der Waals surface area contributed by atoms with Crippen LogP contribution in [0.5, 0.6) is 5.75 Å². The number of nitrogens with zero attached hydrogens (tertiary/aromatic N) is 2. The van der Waals surface area contributed by atoms with Crippen molar-refractivity contribution in [2.75, 3.05) is 16.4 Å². The summed E-state index contributed by atoms with van der Waals surface area (Å²) in [4.78, 5) is 4.71. The highest BCUT2D eigenvalue weighted by atomic mass is 16.5. The molecular formula is C49H50N2O. The number of hydrogen-bond acceptors (Lipinski definition) is 3. The van der Waals surface area contributed by atoms with Gasteiger partial charge in [-0.1, -0.05) is 92.1 Å². The molecule has 0 aromatic heterocycles. The van der Waals surface area contributed by atoms with E-state index in [0.29, 0.717) is 6.61 Å². The number of unbranched alkanes of at least 4 members (excludes halogenated alkanes) is 1. The third-order valence-electron chi connectivity index (χ3n) is 10.5. The molecule has 0 amide bonds. The molecule has 262 valence electrons. The van der Waals surface area contributed by atoms with Crippen molar-refractivity contribution in [1.29, 1.82) is 0 Å². The Labute approximate surface area is 310 Å². The molecule has 0 heterocycles. The molecule has 0 unspecified atom stereocenters. The van der Waals surface area contributed by atoms with Crippen molar-refractivity contribution in [1.82, 2.24) is 0 Å². The van der Waals surface area contributed by atoms with Gasteiger partial charge in [0.1, 0.15) is 5.75 Å². The molecule has 0 aliphatic heterocycles. The first-order valence-corrected chi connectivity index (χ1v) is 18.9. The Balaban J connectivity index is 1.21. The number of anilines is 6. The Morgan fingerprint density at radius 1 is 0.538 bits per heavy atom. The van der Waals surface area contributed by atoms with Gasteiger partial charge in [-0.2, -0.15) is 0 Å². The molecule has 52 heavy (non-hydrogen) atoms. The van der Waals surface area contributed by atoms with E-state index >= 15 is 0 Å². The maximum absolute atomic E-state index is 6.01. The zero-order valence-corrected chi connectivity index (χ0v) is 30.7. The summed E-state index contributed by atoms with van der Waals surface area (Å²) in [6.07, 6.45) is 9.95. The maximum Gasteiger partial charge on any atom is 0.119 e. The van der Waals surface area contributed by atoms with Crippen LogP contribution in [0.1, 0.15) is 67.2 Å². The van der Waals surface area contributed by atoms with Crippen LogP contribution in [0.25, 0.3) is 0 Å². The van der Waals surface area contributed by atoms with E-state index in [9.17, 15) is 0 Å². The van der Waals surface area contributed by atoms with Crippen molar-refractivity contribution in [2.45, 2.75) is 64.2 Å². The van der Waals surface area contributed by atoms with Gasteiger partial charge in [-0.3, -0.25) is 0 Å². The predicted molar refractivity (Wildman–Crippen MR) is 221 cm³/mol. The zero-order chi connectivity index (χ0) is 35.8. The van der Waals surface area contributed by atoms with Crippen LogP contribution < -0.4 is 14.5 Å². The first-order chi connectivity index (χ1) is 25.5. The summed E-state index contributed by atoms with van der Waals surface area (Å²) in [7, 11) is 0. The summed E-state index contributed by atoms with van der Waals surface area (Å²) in [5.41, 5.74) is 12.2. The number of hydrogen-bond donors (Lipinski definition) is 0. The number of allylic oxidation sites excluding steroid dienone is 1. The number of benzene rings is 6. The summed E-state index contributed by atoms with van der Waals surface area (Å²) in [6, 6.07) is 55.5. The summed E-state index contributed by atoms with van der Waals surface area (Å²) < 4.78 is 6.01. The van der Waals surface area contributed by atoms with Crippen LogP contribution in [0.4, 0.5) is 34.1 Å². The summed E-state index contributed by atoms with van der Waals surface area (Å²) in [6.45, 7) is 8.82. The molecule has 0 spiro atoms. The van der Waals surface area contributed by atoms with Crippen molar-refractivity contribution in [3.05, 3.63) is 187 Å². The minimum absolute atomic E-state index is 0.0189. The fraction of sp³-hybridized carbons (Fsp3) is 0.224. The van der Waals surface area contributed by atoms with E-state index in [4.69, 9.17) is 4.74 Å². The van der Waals surface area contributed by atoms with E-state index in [-0.39, 0.29) is 5.41 Å². The second-order valence-electron chi connectivity index (χ2n) is 14.2. The highest BCUT2D eigenvalue weighted by molar-refractivity contribution is 5.78. The van der Waals surface area contributed by atoms with Crippen molar-refractivity contribution in [2.24, 2.45) is 0 Å². The Kier molecular flexibility index (Phi) is 10.9. The number of rotatable bonds is 13. The van der Waals surface area contributed by atoms with Gasteiger partial charge in [0.2, 0.25) is 0 Å². The normalized spacial score (nSPS) is 13.7. The largest absolute Gasteiger partial charge is 0.494 e. The first kappa shape index (κ1) is 34.9. The summed E-state index contributed by atoms with van der Waals surface area (Å²) >= 11 is 0. The first-order valence-electron chi connectivity index (χ1n) is 18.9. The van der Waals surface area contributed by atoms with Gasteiger partial charge in [-0.25, -0.2) is 0 Å². The second kappa shape index (κ2) is 16.2. The van der Waals surface area contributed by atoms with Crippen LogP contribution >= 0.6 is 0 Å². The molecule has 0 saturated heterocycles. The van der Waals surface area contributed by atoms with Crippen LogP contribution in [0.15, 0.2) is 164 Å². The Hall–Kier alpha value is -5.54. The SMILES string of the molecule is C=CCCCOc1ccc(N(c2ccc(C3(c4ccc(N(c5ccccc5)c5cccc(C)c5)cc4)CCCCC3)cc2)c2cccc(C)c2)cc1. The molecule has 0 atom stereocenters. The standard InChI is InChI=1S/C49H50N2O/c1-4-5-12-35-52-48-31-29-45(30-32-48)51(47-20-14-16-39(3)37-47)44-27-23-41(24-28-44)49(33-10-7-11-34-49)40-21-25-43(26-22-40)50(42-17-8-6-9-18-42)46-19-13-15-38(2)36-46/h4,6,8-9,13-32,36-37H,1,5,7,10-12,33-35H2,2-3H3. The average molecular weight is 683 g/mol. The van der Waals surface area contributed by atoms with Crippen LogP contribution in [-0.4, -0.2) is 6.61 Å². The molecule has 6 aromatic carbocycles. The molecule has 1 saturated carbocycles. The van der Waals surface area contributed by atoms with Gasteiger partial charge in [0.05, 0.1) is 6.61 Å². The molecular weight excluding hydrogens is 633 g/mol. The van der Waals surface area contributed by atoms with Gasteiger partial charge in [0.25, 0.3) is 0 Å². The molecule has 0 N–H and O–H groups in total. The van der Waals surface area contributed by atoms with Gasteiger partial charge in [0.15, 0.2) is 0 Å². The lowest BCUT2D eigenvalue weighted by molar-refractivity contribution is 0.312. The Morgan fingerprint density at radius 3 is 1.48 bits per heavy atom. The maximum atomic E-state index is 6.01. The molecule has 1 aliphatic rings. The van der Waals surface area contributed by atoms with Crippen molar-refractivity contribution in [3.63, 3.8) is 0 Å². The topological polar surface area (TPSA) is 15.7 Å². The summed E-state index contributed by atoms with van der Waals surface area (Å²) in [5, 5.41) is 0. The predicted octanol–water partition coefficient (Wildman–Crippen LogP) is 13.8. The van der Waals surface area contributed by atoms with Crippen molar-refractivity contribution < 1.29 is 4.74 Å². The molecule has 1 fully saturated rings. The van der Waals surface area contributed by atoms with E-state index < -0.39 is 0 Å². The van der Waals surface area contributed by atoms with E-state index in [1.165, 1.54) is 52.9 Å². The number of ether oxygens (including phenoxy) is 1. The molecule has 1 aliphatic carbocycles. The summed E-state index contributed by atoms with van der Waals surface area (Å²) in [5.74, 6) is 0.892. The number of para-hydroxylation sites is 1. The minimum Gasteiger partial charge on any atom is -0.494 e. The molecule has 6 aromatic rings. The highest BCUT2D eigenvalue weighted by Crippen LogP contribution is 2.47. The lowest BCUT2D eigenvalue weighted by Gasteiger charge is -2.39. The van der Waals surface area contributed by atoms with E-state index in [2.05, 4.69) is 182 Å². The van der Waals surface area contributed by atoms with Crippen molar-refractivity contribution in [3.8, 4) is 5.75 Å². The quantitative estimate of drug-likeness (QED) is 0.0891. The van der Waals surface area contributed by atoms with Crippen LogP contribution in [-0.2, 0) is 5.41 Å². The molecule has 7 rings (SSSR count). The Bertz CT molecular complexity index is 2040. The lowest BCUT2D eigenvalue weighted by atomic mass is 9.65. The second-order valence-corrected chi connectivity index (χ2v) is 14.2. The van der Waals surface area contributed by atoms with E-state index in [1.807, 2.05) is 6.08 Å². The van der Waals surface area contributed by atoms with Crippen LogP contribution in [0, 0.1) is 13.8 Å². The van der Waals surface area contributed by atoms with Gasteiger partial charge in [0, 0.05) is 39.5 Å².